The quantitative estimate of drug-likeness (QED) is 0.520. The second-order valence-electron chi connectivity index (χ2n) is 4.47. The number of hydrogen-bond donors (Lipinski definition) is 1. The van der Waals surface area contributed by atoms with Crippen LogP contribution >= 0.6 is 23.2 Å². The Morgan fingerprint density at radius 2 is 2.00 bits per heavy atom. The first kappa shape index (κ1) is 14.3. The summed E-state index contributed by atoms with van der Waals surface area (Å²) in [6, 6.07) is 7.05. The standard InChI is InChI=1S/C12H15Cl2NO2/c1-12(2,8-13)11(16)15(17)7-9-5-3-4-6-10(9)14/h3-6,17H,7-8H2,1-2H3. The van der Waals surface area contributed by atoms with Gasteiger partial charge < -0.3 is 0 Å². The highest BCUT2D eigenvalue weighted by atomic mass is 35.5. The van der Waals surface area contributed by atoms with Crippen LogP contribution in [0, 0.1) is 5.41 Å². The van der Waals surface area contributed by atoms with E-state index in [1.54, 1.807) is 38.1 Å². The lowest BCUT2D eigenvalue weighted by atomic mass is 9.95. The lowest BCUT2D eigenvalue weighted by molar-refractivity contribution is -0.177. The number of benzene rings is 1. The molecule has 1 aromatic rings. The van der Waals surface area contributed by atoms with Crippen molar-refractivity contribution in [2.45, 2.75) is 20.4 Å². The van der Waals surface area contributed by atoms with Crippen LogP contribution in [0.15, 0.2) is 24.3 Å². The first-order valence-electron chi connectivity index (χ1n) is 5.18. The molecule has 0 aliphatic carbocycles. The van der Waals surface area contributed by atoms with E-state index in [2.05, 4.69) is 0 Å². The maximum Gasteiger partial charge on any atom is 0.253 e. The third-order valence-electron chi connectivity index (χ3n) is 2.43. The molecule has 1 amide bonds. The molecule has 0 fully saturated rings. The Labute approximate surface area is 111 Å². The molecule has 0 unspecified atom stereocenters. The Morgan fingerprint density at radius 3 is 2.53 bits per heavy atom. The smallest absolute Gasteiger partial charge is 0.253 e. The molecule has 0 heterocycles. The zero-order valence-corrected chi connectivity index (χ0v) is 11.3. The Hall–Kier alpha value is -0.770. The van der Waals surface area contributed by atoms with Crippen LogP contribution in [0.1, 0.15) is 19.4 Å². The highest BCUT2D eigenvalue weighted by molar-refractivity contribution is 6.31. The molecule has 0 radical (unpaired) electrons. The SMILES string of the molecule is CC(C)(CCl)C(=O)N(O)Cc1ccccc1Cl. The molecule has 0 saturated heterocycles. The molecular formula is C12H15Cl2NO2. The van der Waals surface area contributed by atoms with E-state index in [-0.39, 0.29) is 12.4 Å². The molecule has 3 nitrogen and oxygen atoms in total. The first-order valence-corrected chi connectivity index (χ1v) is 6.10. The van der Waals surface area contributed by atoms with Gasteiger partial charge in [-0.15, -0.1) is 11.6 Å². The van der Waals surface area contributed by atoms with E-state index < -0.39 is 11.3 Å². The normalized spacial score (nSPS) is 11.4. The number of rotatable bonds is 4. The molecule has 1 N–H and O–H groups in total. The van der Waals surface area contributed by atoms with Gasteiger partial charge in [0.2, 0.25) is 0 Å². The molecule has 5 heteroatoms. The third kappa shape index (κ3) is 3.60. The van der Waals surface area contributed by atoms with Gasteiger partial charge in [0.25, 0.3) is 5.91 Å². The first-order chi connectivity index (χ1) is 7.88. The van der Waals surface area contributed by atoms with Crippen molar-refractivity contribution in [2.75, 3.05) is 5.88 Å². The monoisotopic (exact) mass is 275 g/mol. The third-order valence-corrected chi connectivity index (χ3v) is 3.46. The van der Waals surface area contributed by atoms with Gasteiger partial charge in [0.15, 0.2) is 0 Å². The number of carbonyl (C=O) groups is 1. The maximum atomic E-state index is 11.9. The van der Waals surface area contributed by atoms with E-state index >= 15 is 0 Å². The minimum absolute atomic E-state index is 0.0544. The van der Waals surface area contributed by atoms with Gasteiger partial charge in [-0.05, 0) is 25.5 Å². The molecule has 94 valence electrons. The Bertz CT molecular complexity index is 407. The number of hydrogen-bond acceptors (Lipinski definition) is 2. The summed E-state index contributed by atoms with van der Waals surface area (Å²) in [5, 5.41) is 10.9. The van der Waals surface area contributed by atoms with Crippen molar-refractivity contribution in [3.63, 3.8) is 0 Å². The summed E-state index contributed by atoms with van der Waals surface area (Å²) in [7, 11) is 0. The van der Waals surface area contributed by atoms with Gasteiger partial charge in [-0.2, -0.15) is 0 Å². The predicted molar refractivity (Wildman–Crippen MR) is 68.3 cm³/mol. The average Bonchev–Trinajstić information content (AvgIpc) is 2.31. The van der Waals surface area contributed by atoms with E-state index in [1.165, 1.54) is 0 Å². The number of halogens is 2. The number of carbonyl (C=O) groups excluding carboxylic acids is 1. The molecule has 0 saturated carbocycles. The van der Waals surface area contributed by atoms with Crippen molar-refractivity contribution in [2.24, 2.45) is 5.41 Å². The van der Waals surface area contributed by atoms with E-state index in [1.807, 2.05) is 0 Å². The Kier molecular flexibility index (Phi) is 4.80. The van der Waals surface area contributed by atoms with Gasteiger partial charge in [-0.1, -0.05) is 29.8 Å². The molecule has 0 spiro atoms. The van der Waals surface area contributed by atoms with Crippen LogP contribution in [-0.2, 0) is 11.3 Å². The van der Waals surface area contributed by atoms with Crippen molar-refractivity contribution in [3.05, 3.63) is 34.9 Å². The van der Waals surface area contributed by atoms with Gasteiger partial charge >= 0.3 is 0 Å². The van der Waals surface area contributed by atoms with Gasteiger partial charge in [-0.25, -0.2) is 5.06 Å². The zero-order valence-electron chi connectivity index (χ0n) is 9.78. The van der Waals surface area contributed by atoms with Gasteiger partial charge in [0.05, 0.1) is 12.0 Å². The second kappa shape index (κ2) is 5.71. The van der Waals surface area contributed by atoms with Crippen LogP contribution in [0.2, 0.25) is 5.02 Å². The molecule has 0 atom stereocenters. The van der Waals surface area contributed by atoms with Crippen molar-refractivity contribution < 1.29 is 10.0 Å². The summed E-state index contributed by atoms with van der Waals surface area (Å²) in [6.45, 7) is 3.41. The Morgan fingerprint density at radius 1 is 1.41 bits per heavy atom. The average molecular weight is 276 g/mol. The summed E-state index contributed by atoms with van der Waals surface area (Å²) < 4.78 is 0. The largest absolute Gasteiger partial charge is 0.286 e. The van der Waals surface area contributed by atoms with Crippen LogP contribution in [0.4, 0.5) is 0 Å². The summed E-state index contributed by atoms with van der Waals surface area (Å²) in [6.07, 6.45) is 0. The molecule has 0 aliphatic heterocycles. The highest BCUT2D eigenvalue weighted by Crippen LogP contribution is 2.22. The number of alkyl halides is 1. The van der Waals surface area contributed by atoms with Crippen LogP contribution in [0.3, 0.4) is 0 Å². The number of nitrogens with zero attached hydrogens (tertiary/aromatic N) is 1. The van der Waals surface area contributed by atoms with Crippen molar-refractivity contribution in [3.8, 4) is 0 Å². The molecule has 0 bridgehead atoms. The van der Waals surface area contributed by atoms with E-state index in [9.17, 15) is 10.0 Å². The fourth-order valence-corrected chi connectivity index (χ4v) is 1.58. The molecule has 17 heavy (non-hydrogen) atoms. The topological polar surface area (TPSA) is 40.5 Å². The minimum Gasteiger partial charge on any atom is -0.286 e. The van der Waals surface area contributed by atoms with Crippen LogP contribution < -0.4 is 0 Å². The summed E-state index contributed by atoms with van der Waals surface area (Å²) in [5.41, 5.74) is -0.104. The van der Waals surface area contributed by atoms with E-state index in [0.717, 1.165) is 0 Å². The Balaban J connectivity index is 2.77. The zero-order chi connectivity index (χ0) is 13.1. The highest BCUT2D eigenvalue weighted by Gasteiger charge is 2.31. The lowest BCUT2D eigenvalue weighted by Crippen LogP contribution is -2.39. The molecule has 1 aromatic carbocycles. The van der Waals surface area contributed by atoms with E-state index in [4.69, 9.17) is 23.2 Å². The predicted octanol–water partition coefficient (Wildman–Crippen LogP) is 3.32. The van der Waals surface area contributed by atoms with Gasteiger partial charge in [0.1, 0.15) is 0 Å². The summed E-state index contributed by atoms with van der Waals surface area (Å²) in [4.78, 5) is 11.9. The second-order valence-corrected chi connectivity index (χ2v) is 5.15. The summed E-state index contributed by atoms with van der Waals surface area (Å²) in [5.74, 6) is -0.279. The number of hydroxylamine groups is 2. The molecular weight excluding hydrogens is 261 g/mol. The maximum absolute atomic E-state index is 11.9. The van der Waals surface area contributed by atoms with Crippen molar-refractivity contribution >= 4 is 29.1 Å². The van der Waals surface area contributed by atoms with Crippen LogP contribution in [0.25, 0.3) is 0 Å². The molecule has 0 aromatic heterocycles. The fraction of sp³-hybridized carbons (Fsp3) is 0.417. The summed E-state index contributed by atoms with van der Waals surface area (Å²) >= 11 is 11.6. The fourth-order valence-electron chi connectivity index (χ4n) is 1.27. The van der Waals surface area contributed by atoms with Gasteiger partial charge in [-0.3, -0.25) is 10.0 Å². The van der Waals surface area contributed by atoms with E-state index in [0.29, 0.717) is 15.6 Å². The van der Waals surface area contributed by atoms with Crippen LogP contribution in [0.5, 0.6) is 0 Å². The number of amides is 1. The van der Waals surface area contributed by atoms with Crippen molar-refractivity contribution in [1.82, 2.24) is 5.06 Å². The molecule has 0 aliphatic rings. The van der Waals surface area contributed by atoms with Crippen molar-refractivity contribution in [1.29, 1.82) is 0 Å². The van der Waals surface area contributed by atoms with Gasteiger partial charge in [0, 0.05) is 10.9 Å². The lowest BCUT2D eigenvalue weighted by Gasteiger charge is -2.26. The molecule has 1 rings (SSSR count). The van der Waals surface area contributed by atoms with Crippen LogP contribution in [-0.4, -0.2) is 22.1 Å². The minimum atomic E-state index is -0.794.